The topological polar surface area (TPSA) is 105 Å². The maximum atomic E-state index is 11.0. The minimum absolute atomic E-state index is 0.175. The van der Waals surface area contributed by atoms with E-state index < -0.39 is 36.1 Å². The maximum Gasteiger partial charge on any atom is 0.303 e. The average molecular weight is 316 g/mol. The molecule has 0 radical (unpaired) electrons. The molecule has 0 saturated heterocycles. The number of ether oxygens (including phenoxy) is 4. The van der Waals surface area contributed by atoms with Gasteiger partial charge in [0.1, 0.15) is 13.2 Å². The van der Waals surface area contributed by atoms with Crippen LogP contribution in [0.1, 0.15) is 27.7 Å². The summed E-state index contributed by atoms with van der Waals surface area (Å²) in [4.78, 5) is 43.5. The second-order valence-electron chi connectivity index (χ2n) is 4.29. The van der Waals surface area contributed by atoms with E-state index in [4.69, 9.17) is 18.9 Å². The molecule has 0 amide bonds. The van der Waals surface area contributed by atoms with Crippen LogP contribution in [0.3, 0.4) is 0 Å². The van der Waals surface area contributed by atoms with Crippen LogP contribution in [0.4, 0.5) is 0 Å². The lowest BCUT2D eigenvalue weighted by Gasteiger charge is -2.16. The molecule has 0 fully saturated rings. The fraction of sp³-hybridized carbons (Fsp3) is 0.571. The third-order valence-corrected chi connectivity index (χ3v) is 2.08. The van der Waals surface area contributed by atoms with Gasteiger partial charge in [-0.2, -0.15) is 0 Å². The van der Waals surface area contributed by atoms with Crippen molar-refractivity contribution in [3.05, 3.63) is 12.2 Å². The van der Waals surface area contributed by atoms with E-state index in [2.05, 4.69) is 0 Å². The first-order chi connectivity index (χ1) is 10.2. The van der Waals surface area contributed by atoms with Gasteiger partial charge in [0.2, 0.25) is 0 Å². The Morgan fingerprint density at radius 1 is 0.682 bits per heavy atom. The highest BCUT2D eigenvalue weighted by atomic mass is 16.6. The Morgan fingerprint density at radius 3 is 1.23 bits per heavy atom. The van der Waals surface area contributed by atoms with Gasteiger partial charge in [-0.05, 0) is 12.2 Å². The van der Waals surface area contributed by atoms with E-state index in [1.807, 2.05) is 0 Å². The molecule has 0 N–H and O–H groups in total. The van der Waals surface area contributed by atoms with Crippen molar-refractivity contribution in [2.75, 3.05) is 13.2 Å². The molecule has 0 spiro atoms. The van der Waals surface area contributed by atoms with E-state index in [0.29, 0.717) is 0 Å². The van der Waals surface area contributed by atoms with Crippen molar-refractivity contribution in [3.63, 3.8) is 0 Å². The van der Waals surface area contributed by atoms with Crippen LogP contribution >= 0.6 is 0 Å². The molecule has 8 nitrogen and oxygen atoms in total. The molecule has 0 aliphatic heterocycles. The number of hydrogen-bond acceptors (Lipinski definition) is 8. The van der Waals surface area contributed by atoms with Crippen molar-refractivity contribution in [3.8, 4) is 0 Å². The summed E-state index contributed by atoms with van der Waals surface area (Å²) in [6.45, 7) is 4.50. The zero-order valence-corrected chi connectivity index (χ0v) is 13.0. The van der Waals surface area contributed by atoms with Gasteiger partial charge >= 0.3 is 23.9 Å². The van der Waals surface area contributed by atoms with E-state index in [1.165, 1.54) is 39.8 Å². The van der Waals surface area contributed by atoms with Gasteiger partial charge in [-0.3, -0.25) is 19.2 Å². The van der Waals surface area contributed by atoms with Crippen LogP contribution in [0.25, 0.3) is 0 Å². The first-order valence-electron chi connectivity index (χ1n) is 6.50. The summed E-state index contributed by atoms with van der Waals surface area (Å²) in [7, 11) is 0. The molecule has 0 bridgehead atoms. The molecule has 0 aromatic heterocycles. The molecule has 2 atom stereocenters. The second-order valence-corrected chi connectivity index (χ2v) is 4.29. The smallest absolute Gasteiger partial charge is 0.303 e. The highest BCUT2D eigenvalue weighted by Crippen LogP contribution is 2.03. The van der Waals surface area contributed by atoms with Gasteiger partial charge < -0.3 is 18.9 Å². The first kappa shape index (κ1) is 19.6. The van der Waals surface area contributed by atoms with Crippen LogP contribution in [0.2, 0.25) is 0 Å². The maximum absolute atomic E-state index is 11.0. The Balaban J connectivity index is 4.76. The SMILES string of the molecule is CC(=O)OCC(/C=C/C(COC(C)=O)OC(C)=O)OC(C)=O. The number of hydrogen-bond donors (Lipinski definition) is 0. The number of carbonyl (C=O) groups excluding carboxylic acids is 4. The average Bonchev–Trinajstić information content (AvgIpc) is 2.37. The molecule has 0 aliphatic rings. The molecule has 2 unspecified atom stereocenters. The molecule has 0 rings (SSSR count). The summed E-state index contributed by atoms with van der Waals surface area (Å²) >= 11 is 0. The summed E-state index contributed by atoms with van der Waals surface area (Å²) in [6, 6.07) is 0. The van der Waals surface area contributed by atoms with Gasteiger partial charge in [-0.1, -0.05) is 0 Å². The van der Waals surface area contributed by atoms with Crippen LogP contribution in [-0.4, -0.2) is 49.3 Å². The van der Waals surface area contributed by atoms with Crippen molar-refractivity contribution >= 4 is 23.9 Å². The summed E-state index contributed by atoms with van der Waals surface area (Å²) in [5, 5.41) is 0. The molecular formula is C14H20O8. The lowest BCUT2D eigenvalue weighted by molar-refractivity contribution is -0.154. The van der Waals surface area contributed by atoms with Gasteiger partial charge in [0, 0.05) is 27.7 Å². The normalized spacial score (nSPS) is 13.1. The van der Waals surface area contributed by atoms with E-state index in [1.54, 1.807) is 0 Å². The molecule has 124 valence electrons. The van der Waals surface area contributed by atoms with Gasteiger partial charge in [0.05, 0.1) is 0 Å². The zero-order chi connectivity index (χ0) is 17.1. The third-order valence-electron chi connectivity index (χ3n) is 2.08. The second kappa shape index (κ2) is 10.4. The Hall–Kier alpha value is -2.38. The molecular weight excluding hydrogens is 296 g/mol. The fourth-order valence-electron chi connectivity index (χ4n) is 1.33. The van der Waals surface area contributed by atoms with Gasteiger partial charge in [0.25, 0.3) is 0 Å². The largest absolute Gasteiger partial charge is 0.462 e. The Kier molecular flexibility index (Phi) is 9.24. The van der Waals surface area contributed by atoms with Crippen LogP contribution in [0, 0.1) is 0 Å². The fourth-order valence-corrected chi connectivity index (χ4v) is 1.33. The summed E-state index contributed by atoms with van der Waals surface area (Å²) in [5.41, 5.74) is 0. The number of esters is 4. The van der Waals surface area contributed by atoms with Crippen molar-refractivity contribution in [1.82, 2.24) is 0 Å². The lowest BCUT2D eigenvalue weighted by atomic mass is 10.2. The minimum atomic E-state index is -0.836. The summed E-state index contributed by atoms with van der Waals surface area (Å²) in [6.07, 6.45) is 1.11. The molecule has 0 heterocycles. The molecule has 22 heavy (non-hydrogen) atoms. The summed E-state index contributed by atoms with van der Waals surface area (Å²) in [5.74, 6) is -2.18. The van der Waals surface area contributed by atoms with Crippen molar-refractivity contribution < 1.29 is 38.1 Å². The minimum Gasteiger partial charge on any atom is -0.462 e. The molecule has 8 heteroatoms. The molecule has 0 aromatic carbocycles. The van der Waals surface area contributed by atoms with Gasteiger partial charge in [0.15, 0.2) is 12.2 Å². The highest BCUT2D eigenvalue weighted by molar-refractivity contribution is 5.68. The Labute approximate surface area is 128 Å². The van der Waals surface area contributed by atoms with E-state index >= 15 is 0 Å². The van der Waals surface area contributed by atoms with E-state index in [-0.39, 0.29) is 13.2 Å². The molecule has 0 aromatic rings. The molecule has 0 saturated carbocycles. The van der Waals surface area contributed by atoms with Crippen LogP contribution in [0.15, 0.2) is 12.2 Å². The predicted octanol–water partition coefficient (Wildman–Crippen LogP) is 0.532. The summed E-state index contributed by atoms with van der Waals surface area (Å²) < 4.78 is 19.4. The van der Waals surface area contributed by atoms with Crippen LogP contribution in [0.5, 0.6) is 0 Å². The third kappa shape index (κ3) is 11.4. The first-order valence-corrected chi connectivity index (χ1v) is 6.50. The Morgan fingerprint density at radius 2 is 1.00 bits per heavy atom. The van der Waals surface area contributed by atoms with Gasteiger partial charge in [-0.25, -0.2) is 0 Å². The zero-order valence-electron chi connectivity index (χ0n) is 13.0. The lowest BCUT2D eigenvalue weighted by Crippen LogP contribution is -2.25. The number of carbonyl (C=O) groups is 4. The standard InChI is InChI=1S/C14H20O8/c1-9(15)19-7-13(21-11(3)17)5-6-14(22-12(4)18)8-20-10(2)16/h5-6,13-14H,7-8H2,1-4H3/b6-5+. The molecule has 0 aliphatic carbocycles. The monoisotopic (exact) mass is 316 g/mol. The predicted molar refractivity (Wildman–Crippen MR) is 73.5 cm³/mol. The van der Waals surface area contributed by atoms with Crippen molar-refractivity contribution in [2.45, 2.75) is 39.9 Å². The van der Waals surface area contributed by atoms with Crippen molar-refractivity contribution in [2.24, 2.45) is 0 Å². The Bertz CT molecular complexity index is 400. The number of rotatable bonds is 8. The van der Waals surface area contributed by atoms with E-state index in [0.717, 1.165) is 0 Å². The van der Waals surface area contributed by atoms with Crippen LogP contribution in [-0.2, 0) is 38.1 Å². The van der Waals surface area contributed by atoms with Crippen molar-refractivity contribution in [1.29, 1.82) is 0 Å². The van der Waals surface area contributed by atoms with Crippen LogP contribution < -0.4 is 0 Å². The van der Waals surface area contributed by atoms with E-state index in [9.17, 15) is 19.2 Å². The highest BCUT2D eigenvalue weighted by Gasteiger charge is 2.14. The van der Waals surface area contributed by atoms with Gasteiger partial charge in [-0.15, -0.1) is 0 Å². The quantitative estimate of drug-likeness (QED) is 0.363.